The maximum Gasteiger partial charge on any atom is 0.0478 e. The summed E-state index contributed by atoms with van der Waals surface area (Å²) in [5, 5.41) is 0.775. The van der Waals surface area contributed by atoms with Gasteiger partial charge in [0.2, 0.25) is 0 Å². The fourth-order valence-corrected chi connectivity index (χ4v) is 3.10. The number of benzene rings is 2. The van der Waals surface area contributed by atoms with Crippen LogP contribution in [0, 0.1) is 0 Å². The van der Waals surface area contributed by atoms with Crippen molar-refractivity contribution < 1.29 is 0 Å². The lowest BCUT2D eigenvalue weighted by molar-refractivity contribution is 0.684. The van der Waals surface area contributed by atoms with Gasteiger partial charge in [-0.25, -0.2) is 0 Å². The number of hydrogen-bond acceptors (Lipinski definition) is 0. The highest BCUT2D eigenvalue weighted by atomic mass is 35.5. The van der Waals surface area contributed by atoms with Crippen molar-refractivity contribution >= 4 is 22.7 Å². The van der Waals surface area contributed by atoms with Gasteiger partial charge in [0, 0.05) is 5.03 Å². The summed E-state index contributed by atoms with van der Waals surface area (Å²) >= 11 is 6.33. The molecule has 0 radical (unpaired) electrons. The zero-order chi connectivity index (χ0) is 14.5. The van der Waals surface area contributed by atoms with E-state index in [4.69, 9.17) is 11.6 Å². The van der Waals surface area contributed by atoms with Gasteiger partial charge in [-0.05, 0) is 54.0 Å². The molecule has 0 nitrogen and oxygen atoms in total. The molecule has 0 fully saturated rings. The molecule has 1 aliphatic carbocycles. The number of aryl methyl sites for hydroxylation is 1. The first-order valence-electron chi connectivity index (χ1n) is 7.54. The van der Waals surface area contributed by atoms with E-state index < -0.39 is 0 Å². The van der Waals surface area contributed by atoms with E-state index in [0.29, 0.717) is 0 Å². The molecule has 0 N–H and O–H groups in total. The molecule has 0 spiro atoms. The molecule has 2 aromatic rings. The Hall–Kier alpha value is -1.79. The first-order valence-corrected chi connectivity index (χ1v) is 7.92. The minimum absolute atomic E-state index is 0.775. The number of hydrogen-bond donors (Lipinski definition) is 0. The molecule has 1 aliphatic rings. The van der Waals surface area contributed by atoms with Crippen LogP contribution in [-0.2, 0) is 12.8 Å². The van der Waals surface area contributed by atoms with Crippen LogP contribution in [0.2, 0.25) is 0 Å². The second-order valence-corrected chi connectivity index (χ2v) is 5.84. The van der Waals surface area contributed by atoms with Gasteiger partial charge in [0.1, 0.15) is 0 Å². The van der Waals surface area contributed by atoms with E-state index >= 15 is 0 Å². The molecule has 0 heterocycles. The molecule has 3 rings (SSSR count). The van der Waals surface area contributed by atoms with E-state index in [1.165, 1.54) is 42.4 Å². The Morgan fingerprint density at radius 1 is 0.905 bits per heavy atom. The first kappa shape index (κ1) is 14.2. The van der Waals surface area contributed by atoms with Crippen molar-refractivity contribution in [3.8, 4) is 0 Å². The van der Waals surface area contributed by atoms with Gasteiger partial charge in [-0.15, -0.1) is 0 Å². The smallest absolute Gasteiger partial charge is 0.0478 e. The van der Waals surface area contributed by atoms with Crippen molar-refractivity contribution in [2.45, 2.75) is 25.7 Å². The highest BCUT2D eigenvalue weighted by Gasteiger charge is 2.10. The molecule has 0 aliphatic heterocycles. The lowest BCUT2D eigenvalue weighted by atomic mass is 9.88. The average Bonchev–Trinajstić information content (AvgIpc) is 2.56. The Bertz CT molecular complexity index is 665. The maximum absolute atomic E-state index is 6.33. The van der Waals surface area contributed by atoms with Crippen molar-refractivity contribution in [3.05, 3.63) is 82.9 Å². The SMILES string of the molecule is Cl/C(=C\C=C\c1cccc2c1CCCC2)c1ccccc1. The van der Waals surface area contributed by atoms with Gasteiger partial charge in [-0.2, -0.15) is 0 Å². The van der Waals surface area contributed by atoms with Gasteiger partial charge in [0.05, 0.1) is 0 Å². The standard InChI is InChI=1S/C20H19Cl/c21-20(18-9-2-1-3-10-18)15-7-13-17-12-6-11-16-8-4-5-14-19(16)17/h1-3,6-7,9-13,15H,4-5,8,14H2/b13-7+,20-15-. The van der Waals surface area contributed by atoms with Crippen LogP contribution in [0.5, 0.6) is 0 Å². The second kappa shape index (κ2) is 6.78. The van der Waals surface area contributed by atoms with Crippen LogP contribution in [0.1, 0.15) is 35.1 Å². The fourth-order valence-electron chi connectivity index (χ4n) is 2.90. The molecule has 0 atom stereocenters. The average molecular weight is 295 g/mol. The summed E-state index contributed by atoms with van der Waals surface area (Å²) in [6.45, 7) is 0. The predicted octanol–water partition coefficient (Wildman–Crippen LogP) is 5.86. The molecule has 0 aromatic heterocycles. The Labute approximate surface area is 131 Å². The molecule has 0 unspecified atom stereocenters. The van der Waals surface area contributed by atoms with E-state index in [2.05, 4.69) is 30.4 Å². The Kier molecular flexibility index (Phi) is 4.57. The number of fused-ring (bicyclic) bond motifs is 1. The summed E-state index contributed by atoms with van der Waals surface area (Å²) in [6.07, 6.45) is 11.2. The van der Waals surface area contributed by atoms with Crippen LogP contribution in [0.4, 0.5) is 0 Å². The number of halogens is 1. The highest BCUT2D eigenvalue weighted by Crippen LogP contribution is 2.25. The molecule has 1 heteroatoms. The lowest BCUT2D eigenvalue weighted by Gasteiger charge is -2.17. The van der Waals surface area contributed by atoms with Gasteiger partial charge in [-0.3, -0.25) is 0 Å². The van der Waals surface area contributed by atoms with Gasteiger partial charge in [-0.1, -0.05) is 72.3 Å². The Morgan fingerprint density at radius 3 is 2.57 bits per heavy atom. The zero-order valence-corrected chi connectivity index (χ0v) is 12.8. The Morgan fingerprint density at radius 2 is 1.71 bits per heavy atom. The molecule has 21 heavy (non-hydrogen) atoms. The van der Waals surface area contributed by atoms with Gasteiger partial charge in [0.25, 0.3) is 0 Å². The molecular formula is C20H19Cl. The Balaban J connectivity index is 1.81. The molecule has 0 saturated carbocycles. The fraction of sp³-hybridized carbons (Fsp3) is 0.200. The quantitative estimate of drug-likeness (QED) is 0.622. The van der Waals surface area contributed by atoms with Crippen LogP contribution in [0.25, 0.3) is 11.1 Å². The van der Waals surface area contributed by atoms with Crippen molar-refractivity contribution in [3.63, 3.8) is 0 Å². The third-order valence-electron chi connectivity index (χ3n) is 4.00. The van der Waals surface area contributed by atoms with E-state index in [9.17, 15) is 0 Å². The minimum Gasteiger partial charge on any atom is -0.0837 e. The minimum atomic E-state index is 0.775. The van der Waals surface area contributed by atoms with Gasteiger partial charge >= 0.3 is 0 Å². The number of rotatable bonds is 3. The van der Waals surface area contributed by atoms with E-state index in [0.717, 1.165) is 10.6 Å². The van der Waals surface area contributed by atoms with Crippen molar-refractivity contribution in [1.29, 1.82) is 0 Å². The molecular weight excluding hydrogens is 276 g/mol. The zero-order valence-electron chi connectivity index (χ0n) is 12.1. The monoisotopic (exact) mass is 294 g/mol. The summed E-state index contributed by atoms with van der Waals surface area (Å²) in [6, 6.07) is 16.7. The van der Waals surface area contributed by atoms with Crippen LogP contribution in [0.3, 0.4) is 0 Å². The molecule has 0 bridgehead atoms. The van der Waals surface area contributed by atoms with E-state index in [1.54, 1.807) is 0 Å². The summed E-state index contributed by atoms with van der Waals surface area (Å²) in [4.78, 5) is 0. The predicted molar refractivity (Wildman–Crippen MR) is 92.4 cm³/mol. The van der Waals surface area contributed by atoms with E-state index in [-0.39, 0.29) is 0 Å². The second-order valence-electron chi connectivity index (χ2n) is 5.43. The third kappa shape index (κ3) is 3.46. The molecule has 106 valence electrons. The summed E-state index contributed by atoms with van der Waals surface area (Å²) < 4.78 is 0. The normalized spacial score (nSPS) is 15.2. The summed E-state index contributed by atoms with van der Waals surface area (Å²) in [7, 11) is 0. The van der Waals surface area contributed by atoms with Crippen molar-refractivity contribution in [1.82, 2.24) is 0 Å². The highest BCUT2D eigenvalue weighted by molar-refractivity contribution is 6.48. The molecule has 0 saturated heterocycles. The van der Waals surface area contributed by atoms with E-state index in [1.807, 2.05) is 36.4 Å². The van der Waals surface area contributed by atoms with Crippen molar-refractivity contribution in [2.24, 2.45) is 0 Å². The summed E-state index contributed by atoms with van der Waals surface area (Å²) in [5.41, 5.74) is 5.42. The lowest BCUT2D eigenvalue weighted by Crippen LogP contribution is -2.03. The van der Waals surface area contributed by atoms with Crippen LogP contribution < -0.4 is 0 Å². The largest absolute Gasteiger partial charge is 0.0837 e. The third-order valence-corrected chi connectivity index (χ3v) is 4.34. The summed E-state index contributed by atoms with van der Waals surface area (Å²) in [5.74, 6) is 0. The number of allylic oxidation sites excluding steroid dienone is 2. The van der Waals surface area contributed by atoms with Crippen LogP contribution >= 0.6 is 11.6 Å². The maximum atomic E-state index is 6.33. The van der Waals surface area contributed by atoms with Gasteiger partial charge < -0.3 is 0 Å². The molecule has 2 aromatic carbocycles. The topological polar surface area (TPSA) is 0 Å². The molecule has 0 amide bonds. The van der Waals surface area contributed by atoms with Crippen LogP contribution in [-0.4, -0.2) is 0 Å². The van der Waals surface area contributed by atoms with Crippen molar-refractivity contribution in [2.75, 3.05) is 0 Å². The van der Waals surface area contributed by atoms with Gasteiger partial charge in [0.15, 0.2) is 0 Å². The van der Waals surface area contributed by atoms with Crippen LogP contribution in [0.15, 0.2) is 60.7 Å². The first-order chi connectivity index (χ1) is 10.3.